The number of nitrogens with one attached hydrogen (secondary N) is 1. The Hall–Kier alpha value is -4.60. The monoisotopic (exact) mass is 479 g/mol. The van der Waals surface area contributed by atoms with Crippen LogP contribution in [0.3, 0.4) is 0 Å². The zero-order valence-corrected chi connectivity index (χ0v) is 19.1. The normalized spacial score (nSPS) is 19.9. The first-order valence-electron chi connectivity index (χ1n) is 10.4. The van der Waals surface area contributed by atoms with Crippen LogP contribution in [0, 0.1) is 6.92 Å². The Morgan fingerprint density at radius 3 is 2.31 bits per heavy atom. The van der Waals surface area contributed by atoms with E-state index in [0.29, 0.717) is 0 Å². The number of fused-ring (bicyclic) bond motifs is 3. The second-order valence-electron chi connectivity index (χ2n) is 8.55. The number of Topliss-reactive ketones (excluding diaryl/α,β-unsaturated/α-hetero) is 2. The van der Waals surface area contributed by atoms with Crippen LogP contribution >= 0.6 is 0 Å². The number of rotatable bonds is 4. The summed E-state index contributed by atoms with van der Waals surface area (Å²) in [6.07, 6.45) is 1.08. The maximum absolute atomic E-state index is 13.8. The van der Waals surface area contributed by atoms with Crippen LogP contribution in [-0.2, 0) is 15.0 Å². The number of aromatic carboxylic acids is 1. The van der Waals surface area contributed by atoms with Gasteiger partial charge in [-0.25, -0.2) is 4.79 Å². The van der Waals surface area contributed by atoms with Crippen LogP contribution in [0.15, 0.2) is 41.3 Å². The first-order chi connectivity index (χ1) is 16.3. The number of ketones is 3. The smallest absolute Gasteiger partial charge is 0.339 e. The van der Waals surface area contributed by atoms with Crippen molar-refractivity contribution in [3.8, 4) is 23.0 Å². The van der Waals surface area contributed by atoms with Gasteiger partial charge in [-0.15, -0.1) is 0 Å². The first kappa shape index (κ1) is 23.6. The van der Waals surface area contributed by atoms with Crippen LogP contribution < -0.4 is 10.1 Å². The van der Waals surface area contributed by atoms with Gasteiger partial charge in [0.05, 0.1) is 11.1 Å². The van der Waals surface area contributed by atoms with Gasteiger partial charge in [0, 0.05) is 23.0 Å². The summed E-state index contributed by atoms with van der Waals surface area (Å²) in [6, 6.07) is 3.68. The predicted molar refractivity (Wildman–Crippen MR) is 122 cm³/mol. The van der Waals surface area contributed by atoms with Gasteiger partial charge in [-0.3, -0.25) is 14.4 Å². The van der Waals surface area contributed by atoms with Crippen molar-refractivity contribution in [3.05, 3.63) is 63.6 Å². The van der Waals surface area contributed by atoms with Gasteiger partial charge in [0.25, 0.3) is 0 Å². The third kappa shape index (κ3) is 3.25. The molecule has 1 atom stereocenters. The van der Waals surface area contributed by atoms with Gasteiger partial charge in [-0.1, -0.05) is 0 Å². The van der Waals surface area contributed by atoms with E-state index in [1.54, 1.807) is 0 Å². The van der Waals surface area contributed by atoms with Crippen molar-refractivity contribution in [2.45, 2.75) is 33.1 Å². The van der Waals surface area contributed by atoms with Crippen molar-refractivity contribution in [2.75, 3.05) is 5.32 Å². The molecule has 1 aliphatic heterocycles. The number of phenolic OH excluding ortho intramolecular Hbond substituents is 2. The number of benzene rings is 2. The molecule has 35 heavy (non-hydrogen) atoms. The lowest BCUT2D eigenvalue weighted by molar-refractivity contribution is -0.123. The van der Waals surface area contributed by atoms with Crippen molar-refractivity contribution in [1.82, 2.24) is 0 Å². The van der Waals surface area contributed by atoms with E-state index < -0.39 is 46.0 Å². The fourth-order valence-electron chi connectivity index (χ4n) is 4.43. The van der Waals surface area contributed by atoms with Crippen molar-refractivity contribution in [1.29, 1.82) is 0 Å². The molecule has 0 radical (unpaired) electrons. The average Bonchev–Trinajstić information content (AvgIpc) is 3.06. The standard InChI is InChI=1S/C25H21NO9/c1-9-20(30)18(11(3)27)22-19(21(9)31)25(4)16(35-22)8-15(29)17(23(25)32)10(2)26-12-5-6-14(28)13(7-12)24(33)34/h5-8,26,28,30-31H,1-4H3,(H,33,34)/t25-/m0/s1. The highest BCUT2D eigenvalue weighted by Gasteiger charge is 2.56. The molecular formula is C25H21NO9. The molecule has 0 bridgehead atoms. The third-order valence-corrected chi connectivity index (χ3v) is 6.32. The van der Waals surface area contributed by atoms with E-state index in [-0.39, 0.29) is 50.7 Å². The molecule has 10 nitrogen and oxygen atoms in total. The molecule has 0 amide bonds. The summed E-state index contributed by atoms with van der Waals surface area (Å²) < 4.78 is 5.71. The molecule has 0 unspecified atom stereocenters. The molecule has 1 aliphatic carbocycles. The lowest BCUT2D eigenvalue weighted by Crippen LogP contribution is -2.40. The first-order valence-corrected chi connectivity index (χ1v) is 10.4. The summed E-state index contributed by atoms with van der Waals surface area (Å²) in [7, 11) is 0. The minimum atomic E-state index is -1.67. The van der Waals surface area contributed by atoms with E-state index in [4.69, 9.17) is 4.74 Å². The average molecular weight is 479 g/mol. The molecule has 1 heterocycles. The van der Waals surface area contributed by atoms with Gasteiger partial charge in [0.15, 0.2) is 17.3 Å². The van der Waals surface area contributed by atoms with Crippen LogP contribution in [-0.4, -0.2) is 43.7 Å². The van der Waals surface area contributed by atoms with Gasteiger partial charge < -0.3 is 30.5 Å². The fourth-order valence-corrected chi connectivity index (χ4v) is 4.43. The number of hydrogen-bond donors (Lipinski definition) is 5. The maximum atomic E-state index is 13.8. The largest absolute Gasteiger partial charge is 0.507 e. The van der Waals surface area contributed by atoms with E-state index in [1.807, 2.05) is 0 Å². The lowest BCUT2D eigenvalue weighted by Gasteiger charge is -2.29. The van der Waals surface area contributed by atoms with Crippen molar-refractivity contribution >= 4 is 29.0 Å². The minimum absolute atomic E-state index is 0.0182. The number of ether oxygens (including phenoxy) is 1. The number of phenols is 3. The van der Waals surface area contributed by atoms with Gasteiger partial charge in [0.2, 0.25) is 0 Å². The number of anilines is 1. The number of carboxylic acids is 1. The molecule has 2 aromatic carbocycles. The Kier molecular flexibility index (Phi) is 5.20. The molecule has 180 valence electrons. The Morgan fingerprint density at radius 2 is 1.71 bits per heavy atom. The summed E-state index contributed by atoms with van der Waals surface area (Å²) >= 11 is 0. The number of hydrogen-bond acceptors (Lipinski definition) is 9. The maximum Gasteiger partial charge on any atom is 0.339 e. The molecule has 10 heteroatoms. The van der Waals surface area contributed by atoms with Crippen LogP contribution in [0.25, 0.3) is 0 Å². The molecule has 5 N–H and O–H groups in total. The molecule has 2 aliphatic rings. The van der Waals surface area contributed by atoms with Crippen LogP contribution in [0.2, 0.25) is 0 Å². The molecule has 2 aromatic rings. The molecule has 0 fully saturated rings. The molecular weight excluding hydrogens is 458 g/mol. The van der Waals surface area contributed by atoms with Crippen LogP contribution in [0.1, 0.15) is 52.6 Å². The van der Waals surface area contributed by atoms with E-state index in [2.05, 4.69) is 5.32 Å². The van der Waals surface area contributed by atoms with Gasteiger partial charge in [-0.2, -0.15) is 0 Å². The topological polar surface area (TPSA) is 170 Å². The van der Waals surface area contributed by atoms with E-state index in [0.717, 1.165) is 18.2 Å². The zero-order chi connectivity index (χ0) is 26.0. The second-order valence-corrected chi connectivity index (χ2v) is 8.55. The Morgan fingerprint density at radius 1 is 1.06 bits per heavy atom. The van der Waals surface area contributed by atoms with Gasteiger partial charge in [-0.05, 0) is 45.9 Å². The summed E-state index contributed by atoms with van der Waals surface area (Å²) in [6.45, 7) is 5.47. The second kappa shape index (κ2) is 7.73. The highest BCUT2D eigenvalue weighted by atomic mass is 16.5. The summed E-state index contributed by atoms with van der Waals surface area (Å²) in [5, 5.41) is 43.0. The molecule has 0 saturated heterocycles. The number of allylic oxidation sites excluding steroid dienone is 4. The third-order valence-electron chi connectivity index (χ3n) is 6.32. The van der Waals surface area contributed by atoms with Crippen LogP contribution in [0.4, 0.5) is 5.69 Å². The van der Waals surface area contributed by atoms with E-state index in [9.17, 15) is 39.6 Å². The minimum Gasteiger partial charge on any atom is -0.507 e. The number of carbonyl (C=O) groups excluding carboxylic acids is 3. The van der Waals surface area contributed by atoms with E-state index in [1.165, 1.54) is 33.8 Å². The van der Waals surface area contributed by atoms with E-state index >= 15 is 0 Å². The molecule has 0 aromatic heterocycles. The zero-order valence-electron chi connectivity index (χ0n) is 19.1. The predicted octanol–water partition coefficient (Wildman–Crippen LogP) is 3.08. The Labute approximate surface area is 198 Å². The quantitative estimate of drug-likeness (QED) is 0.190. The summed E-state index contributed by atoms with van der Waals surface area (Å²) in [5.74, 6) is -5.01. The van der Waals surface area contributed by atoms with Gasteiger partial charge in [0.1, 0.15) is 45.3 Å². The summed E-state index contributed by atoms with van der Waals surface area (Å²) in [5.41, 5.74) is -2.29. The van der Waals surface area contributed by atoms with Crippen molar-refractivity contribution in [2.24, 2.45) is 0 Å². The number of carboxylic acid groups (broad SMARTS) is 1. The summed E-state index contributed by atoms with van der Waals surface area (Å²) in [4.78, 5) is 50.3. The van der Waals surface area contributed by atoms with Crippen LogP contribution in [0.5, 0.6) is 23.0 Å². The Balaban J connectivity index is 1.88. The highest BCUT2D eigenvalue weighted by molar-refractivity contribution is 6.31. The van der Waals surface area contributed by atoms with Crippen molar-refractivity contribution < 1.29 is 44.3 Å². The van der Waals surface area contributed by atoms with Gasteiger partial charge >= 0.3 is 5.97 Å². The number of carbonyl (C=O) groups is 4. The SMILES string of the molecule is CC(=O)c1c(O)c(C)c(O)c2c1OC1=CC(=O)C(=C(C)Nc3ccc(O)c(C(=O)O)c3)C(=O)[C@@]12C. The Bertz CT molecular complexity index is 1450. The molecule has 0 saturated carbocycles. The fraction of sp³-hybridized carbons (Fsp3) is 0.200. The lowest BCUT2D eigenvalue weighted by atomic mass is 9.70. The number of aromatic hydroxyl groups is 3. The van der Waals surface area contributed by atoms with Crippen molar-refractivity contribution in [3.63, 3.8) is 0 Å². The molecule has 0 spiro atoms. The molecule has 4 rings (SSSR count). The highest BCUT2D eigenvalue weighted by Crippen LogP contribution is 2.57.